The van der Waals surface area contributed by atoms with Gasteiger partial charge in [-0.3, -0.25) is 4.79 Å². The molecule has 0 aliphatic heterocycles. The highest BCUT2D eigenvalue weighted by molar-refractivity contribution is 5.85. The Balaban J connectivity index is 3.27. The van der Waals surface area contributed by atoms with E-state index in [1.807, 2.05) is 0 Å². The van der Waals surface area contributed by atoms with Gasteiger partial charge in [-0.25, -0.2) is 0 Å². The molecule has 0 rings (SSSR count). The molecule has 0 aliphatic rings. The summed E-state index contributed by atoms with van der Waals surface area (Å²) in [6.07, 6.45) is 1.81. The molecule has 52 valence electrons. The standard InChI is InChI=1S/C6H11NO2/c1-3-9-6(8)4-5-7-2/h5H,3-4H2,1-2H3. The van der Waals surface area contributed by atoms with E-state index in [4.69, 9.17) is 0 Å². The van der Waals surface area contributed by atoms with Gasteiger partial charge in [0.25, 0.3) is 0 Å². The first kappa shape index (κ1) is 8.14. The van der Waals surface area contributed by atoms with Gasteiger partial charge in [0.1, 0.15) is 0 Å². The van der Waals surface area contributed by atoms with Crippen LogP contribution in [0, 0.1) is 0 Å². The molecular weight excluding hydrogens is 118 g/mol. The lowest BCUT2D eigenvalue weighted by Gasteiger charge is -1.94. The Morgan fingerprint density at radius 2 is 2.44 bits per heavy atom. The molecule has 0 amide bonds. The summed E-state index contributed by atoms with van der Waals surface area (Å²) in [7, 11) is 1.62. The van der Waals surface area contributed by atoms with E-state index in [1.165, 1.54) is 6.21 Å². The largest absolute Gasteiger partial charge is 0.466 e. The van der Waals surface area contributed by atoms with Gasteiger partial charge in [-0.15, -0.1) is 0 Å². The number of nitrogens with zero attached hydrogens (tertiary/aromatic N) is 1. The molecule has 0 fully saturated rings. The molecule has 0 bridgehead atoms. The number of carbonyl (C=O) groups excluding carboxylic acids is 1. The fourth-order valence-corrected chi connectivity index (χ4v) is 0.386. The smallest absolute Gasteiger partial charge is 0.311 e. The van der Waals surface area contributed by atoms with Gasteiger partial charge < -0.3 is 9.73 Å². The lowest BCUT2D eigenvalue weighted by molar-refractivity contribution is -0.141. The molecule has 0 N–H and O–H groups in total. The van der Waals surface area contributed by atoms with E-state index in [2.05, 4.69) is 9.73 Å². The number of ether oxygens (including phenoxy) is 1. The van der Waals surface area contributed by atoms with Crippen molar-refractivity contribution in [3.63, 3.8) is 0 Å². The third-order valence-corrected chi connectivity index (χ3v) is 0.746. The van der Waals surface area contributed by atoms with Gasteiger partial charge in [-0.05, 0) is 6.92 Å². The summed E-state index contributed by atoms with van der Waals surface area (Å²) in [5.41, 5.74) is 0. The molecule has 3 heteroatoms. The average Bonchev–Trinajstić information content (AvgIpc) is 1.85. The van der Waals surface area contributed by atoms with Crippen molar-refractivity contribution < 1.29 is 9.53 Å². The first-order valence-electron chi connectivity index (χ1n) is 2.87. The van der Waals surface area contributed by atoms with Crippen molar-refractivity contribution in [2.24, 2.45) is 4.99 Å². The average molecular weight is 129 g/mol. The van der Waals surface area contributed by atoms with Crippen molar-refractivity contribution in [3.8, 4) is 0 Å². The zero-order chi connectivity index (χ0) is 7.11. The van der Waals surface area contributed by atoms with Crippen LogP contribution in [0.2, 0.25) is 0 Å². The van der Waals surface area contributed by atoms with Gasteiger partial charge >= 0.3 is 5.97 Å². The third-order valence-electron chi connectivity index (χ3n) is 0.746. The van der Waals surface area contributed by atoms with Crippen LogP contribution >= 0.6 is 0 Å². The summed E-state index contributed by atoms with van der Waals surface area (Å²) in [4.78, 5) is 14.1. The zero-order valence-corrected chi connectivity index (χ0v) is 5.76. The van der Waals surface area contributed by atoms with Crippen LogP contribution in [0.25, 0.3) is 0 Å². The lowest BCUT2D eigenvalue weighted by atomic mass is 10.5. The van der Waals surface area contributed by atoms with Crippen LogP contribution in [0.4, 0.5) is 0 Å². The highest BCUT2D eigenvalue weighted by Crippen LogP contribution is 1.81. The summed E-state index contributed by atoms with van der Waals surface area (Å²) in [6, 6.07) is 0. The number of hydrogen-bond donors (Lipinski definition) is 0. The fraction of sp³-hybridized carbons (Fsp3) is 0.667. The summed E-state index contributed by atoms with van der Waals surface area (Å²) in [6.45, 7) is 2.22. The normalized spacial score (nSPS) is 10.0. The minimum atomic E-state index is -0.219. The highest BCUT2D eigenvalue weighted by atomic mass is 16.5. The lowest BCUT2D eigenvalue weighted by Crippen LogP contribution is -2.03. The van der Waals surface area contributed by atoms with E-state index >= 15 is 0 Å². The fourth-order valence-electron chi connectivity index (χ4n) is 0.386. The molecule has 0 saturated heterocycles. The summed E-state index contributed by atoms with van der Waals surface area (Å²) >= 11 is 0. The van der Waals surface area contributed by atoms with E-state index < -0.39 is 0 Å². The molecule has 0 radical (unpaired) electrons. The van der Waals surface area contributed by atoms with Crippen molar-refractivity contribution >= 4 is 12.2 Å². The SMILES string of the molecule is CCOC(=O)CC=NC. The van der Waals surface area contributed by atoms with Crippen molar-refractivity contribution in [2.75, 3.05) is 13.7 Å². The molecular formula is C6H11NO2. The van der Waals surface area contributed by atoms with Crippen LogP contribution in [-0.2, 0) is 9.53 Å². The van der Waals surface area contributed by atoms with Crippen LogP contribution in [0.3, 0.4) is 0 Å². The molecule has 0 aliphatic carbocycles. The monoisotopic (exact) mass is 129 g/mol. The van der Waals surface area contributed by atoms with E-state index in [0.29, 0.717) is 6.61 Å². The molecule has 0 heterocycles. The zero-order valence-electron chi connectivity index (χ0n) is 5.76. The molecule has 0 atom stereocenters. The minimum absolute atomic E-state index is 0.219. The van der Waals surface area contributed by atoms with Crippen molar-refractivity contribution in [1.82, 2.24) is 0 Å². The van der Waals surface area contributed by atoms with Crippen molar-refractivity contribution in [3.05, 3.63) is 0 Å². The predicted octanol–water partition coefficient (Wildman–Crippen LogP) is 0.640. The number of aliphatic imine (C=N–C) groups is 1. The van der Waals surface area contributed by atoms with E-state index in [9.17, 15) is 4.79 Å². The Kier molecular flexibility index (Phi) is 4.78. The molecule has 0 saturated carbocycles. The van der Waals surface area contributed by atoms with E-state index in [0.717, 1.165) is 0 Å². The predicted molar refractivity (Wildman–Crippen MR) is 35.7 cm³/mol. The van der Waals surface area contributed by atoms with E-state index in [1.54, 1.807) is 14.0 Å². The molecule has 0 unspecified atom stereocenters. The van der Waals surface area contributed by atoms with Gasteiger partial charge in [-0.1, -0.05) is 0 Å². The van der Waals surface area contributed by atoms with Crippen LogP contribution in [0.15, 0.2) is 4.99 Å². The molecule has 0 aromatic heterocycles. The third kappa shape index (κ3) is 5.00. The van der Waals surface area contributed by atoms with Crippen LogP contribution in [0.1, 0.15) is 13.3 Å². The topological polar surface area (TPSA) is 38.7 Å². The number of rotatable bonds is 3. The number of hydrogen-bond acceptors (Lipinski definition) is 3. The molecule has 9 heavy (non-hydrogen) atoms. The first-order chi connectivity index (χ1) is 4.31. The second kappa shape index (κ2) is 5.28. The van der Waals surface area contributed by atoms with Gasteiger partial charge in [0.15, 0.2) is 0 Å². The molecule has 0 spiro atoms. The Labute approximate surface area is 54.7 Å². The Bertz CT molecular complexity index is 110. The van der Waals surface area contributed by atoms with Gasteiger partial charge in [0.05, 0.1) is 13.0 Å². The maximum Gasteiger partial charge on any atom is 0.311 e. The number of carbonyl (C=O) groups is 1. The second-order valence-electron chi connectivity index (χ2n) is 1.45. The van der Waals surface area contributed by atoms with Gasteiger partial charge in [0.2, 0.25) is 0 Å². The maximum atomic E-state index is 10.5. The second-order valence-corrected chi connectivity index (χ2v) is 1.45. The van der Waals surface area contributed by atoms with Crippen LogP contribution in [0.5, 0.6) is 0 Å². The van der Waals surface area contributed by atoms with Crippen molar-refractivity contribution in [1.29, 1.82) is 0 Å². The first-order valence-corrected chi connectivity index (χ1v) is 2.87. The van der Waals surface area contributed by atoms with E-state index in [-0.39, 0.29) is 12.4 Å². The Morgan fingerprint density at radius 3 is 2.89 bits per heavy atom. The summed E-state index contributed by atoms with van der Waals surface area (Å²) in [5, 5.41) is 0. The van der Waals surface area contributed by atoms with Crippen LogP contribution < -0.4 is 0 Å². The summed E-state index contributed by atoms with van der Waals surface area (Å²) in [5.74, 6) is -0.219. The quantitative estimate of drug-likeness (QED) is 0.414. The Hall–Kier alpha value is -0.860. The van der Waals surface area contributed by atoms with Crippen LogP contribution in [-0.4, -0.2) is 25.8 Å². The minimum Gasteiger partial charge on any atom is -0.466 e. The highest BCUT2D eigenvalue weighted by Gasteiger charge is 1.94. The maximum absolute atomic E-state index is 10.5. The molecule has 0 aromatic rings. The number of esters is 1. The van der Waals surface area contributed by atoms with Gasteiger partial charge in [0, 0.05) is 13.3 Å². The Morgan fingerprint density at radius 1 is 1.78 bits per heavy atom. The van der Waals surface area contributed by atoms with Gasteiger partial charge in [-0.2, -0.15) is 0 Å². The summed E-state index contributed by atoms with van der Waals surface area (Å²) < 4.78 is 4.61. The molecule has 0 aromatic carbocycles. The molecule has 3 nitrogen and oxygen atoms in total. The van der Waals surface area contributed by atoms with Crippen molar-refractivity contribution in [2.45, 2.75) is 13.3 Å².